The van der Waals surface area contributed by atoms with Crippen LogP contribution >= 0.6 is 23.2 Å². The van der Waals surface area contributed by atoms with Gasteiger partial charge in [-0.1, -0.05) is 53.5 Å². The third kappa shape index (κ3) is 3.28. The zero-order valence-corrected chi connectivity index (χ0v) is 11.9. The van der Waals surface area contributed by atoms with Gasteiger partial charge < -0.3 is 4.90 Å². The summed E-state index contributed by atoms with van der Waals surface area (Å²) in [6.45, 7) is 0.424. The van der Waals surface area contributed by atoms with E-state index in [-0.39, 0.29) is 5.91 Å². The highest BCUT2D eigenvalue weighted by Crippen LogP contribution is 2.26. The Balaban J connectivity index is 2.15. The van der Waals surface area contributed by atoms with Gasteiger partial charge in [-0.25, -0.2) is 0 Å². The van der Waals surface area contributed by atoms with Crippen LogP contribution in [0.15, 0.2) is 48.5 Å². The van der Waals surface area contributed by atoms with Crippen LogP contribution < -0.4 is 0 Å². The molecule has 0 bridgehead atoms. The second-order valence-electron chi connectivity index (χ2n) is 4.24. The summed E-state index contributed by atoms with van der Waals surface area (Å²) in [6, 6.07) is 14.6. The van der Waals surface area contributed by atoms with Gasteiger partial charge in [-0.15, -0.1) is 0 Å². The Morgan fingerprint density at radius 2 is 1.74 bits per heavy atom. The van der Waals surface area contributed by atoms with E-state index in [0.29, 0.717) is 22.2 Å². The molecule has 0 aromatic heterocycles. The van der Waals surface area contributed by atoms with Crippen LogP contribution in [0.25, 0.3) is 0 Å². The topological polar surface area (TPSA) is 20.3 Å². The highest BCUT2D eigenvalue weighted by molar-refractivity contribution is 6.42. The van der Waals surface area contributed by atoms with E-state index in [4.69, 9.17) is 23.2 Å². The summed E-state index contributed by atoms with van der Waals surface area (Å²) in [5.74, 6) is -0.0448. The minimum atomic E-state index is -0.0448. The zero-order valence-electron chi connectivity index (χ0n) is 10.4. The lowest BCUT2D eigenvalue weighted by molar-refractivity contribution is 0.0785. The van der Waals surface area contributed by atoms with Crippen molar-refractivity contribution in [2.24, 2.45) is 0 Å². The molecule has 19 heavy (non-hydrogen) atoms. The first-order valence-electron chi connectivity index (χ1n) is 5.83. The molecule has 0 spiro atoms. The molecule has 2 nitrogen and oxygen atoms in total. The molecule has 0 atom stereocenters. The van der Waals surface area contributed by atoms with Gasteiger partial charge in [0.15, 0.2) is 0 Å². The molecule has 0 fully saturated rings. The van der Waals surface area contributed by atoms with Crippen molar-refractivity contribution in [1.82, 2.24) is 4.90 Å². The number of rotatable bonds is 3. The van der Waals surface area contributed by atoms with Crippen molar-refractivity contribution in [1.29, 1.82) is 0 Å². The lowest BCUT2D eigenvalue weighted by Gasteiger charge is -2.18. The number of carbonyl (C=O) groups excluding carboxylic acids is 1. The zero-order chi connectivity index (χ0) is 13.8. The Hall–Kier alpha value is -1.51. The van der Waals surface area contributed by atoms with Gasteiger partial charge in [0.2, 0.25) is 0 Å². The molecule has 1 amide bonds. The Morgan fingerprint density at radius 3 is 2.42 bits per heavy atom. The fourth-order valence-electron chi connectivity index (χ4n) is 1.80. The van der Waals surface area contributed by atoms with E-state index in [1.165, 1.54) is 0 Å². The Kier molecular flexibility index (Phi) is 4.46. The third-order valence-corrected chi connectivity index (χ3v) is 3.66. The molecule has 0 radical (unpaired) electrons. The summed E-state index contributed by atoms with van der Waals surface area (Å²) in [4.78, 5) is 13.8. The lowest BCUT2D eigenvalue weighted by atomic mass is 10.1. The first kappa shape index (κ1) is 13.9. The number of hydrogen-bond acceptors (Lipinski definition) is 1. The number of nitrogens with zero attached hydrogens (tertiary/aromatic N) is 1. The second-order valence-corrected chi connectivity index (χ2v) is 5.03. The van der Waals surface area contributed by atoms with E-state index in [1.807, 2.05) is 30.3 Å². The summed E-state index contributed by atoms with van der Waals surface area (Å²) in [7, 11) is 1.74. The number of hydrogen-bond donors (Lipinski definition) is 0. The maximum atomic E-state index is 12.2. The largest absolute Gasteiger partial charge is 0.337 e. The Morgan fingerprint density at radius 1 is 1.05 bits per heavy atom. The van der Waals surface area contributed by atoms with Crippen LogP contribution in [0.4, 0.5) is 0 Å². The molecule has 0 unspecified atom stereocenters. The van der Waals surface area contributed by atoms with Crippen LogP contribution in [0.3, 0.4) is 0 Å². The van der Waals surface area contributed by atoms with Gasteiger partial charge in [-0.05, 0) is 23.8 Å². The van der Waals surface area contributed by atoms with Crippen molar-refractivity contribution in [2.45, 2.75) is 6.54 Å². The average molecular weight is 294 g/mol. The van der Waals surface area contributed by atoms with E-state index in [0.717, 1.165) is 5.56 Å². The van der Waals surface area contributed by atoms with E-state index in [1.54, 1.807) is 30.1 Å². The molecule has 0 heterocycles. The van der Waals surface area contributed by atoms with Gasteiger partial charge in [0.25, 0.3) is 5.91 Å². The number of benzene rings is 2. The first-order valence-corrected chi connectivity index (χ1v) is 6.58. The van der Waals surface area contributed by atoms with Crippen LogP contribution in [0.1, 0.15) is 15.9 Å². The maximum absolute atomic E-state index is 12.2. The second kappa shape index (κ2) is 6.09. The molecule has 0 aliphatic rings. The van der Waals surface area contributed by atoms with Crippen molar-refractivity contribution in [3.63, 3.8) is 0 Å². The minimum Gasteiger partial charge on any atom is -0.337 e. The quantitative estimate of drug-likeness (QED) is 0.828. The molecule has 98 valence electrons. The van der Waals surface area contributed by atoms with Gasteiger partial charge >= 0.3 is 0 Å². The van der Waals surface area contributed by atoms with E-state index < -0.39 is 0 Å². The normalized spacial score (nSPS) is 10.3. The summed E-state index contributed by atoms with van der Waals surface area (Å²) in [5.41, 5.74) is 1.49. The Bertz CT molecular complexity index is 584. The molecule has 0 saturated carbocycles. The van der Waals surface area contributed by atoms with Gasteiger partial charge in [0.05, 0.1) is 10.0 Å². The standard InChI is InChI=1S/C15H13Cl2NO/c1-18(15(19)11-6-3-2-4-7-11)10-12-8-5-9-13(16)14(12)17/h2-9H,10H2,1H3. The minimum absolute atomic E-state index is 0.0448. The van der Waals surface area contributed by atoms with Crippen LogP contribution in [0.2, 0.25) is 10.0 Å². The van der Waals surface area contributed by atoms with E-state index in [9.17, 15) is 4.79 Å². The molecule has 0 saturated heterocycles. The predicted octanol–water partition coefficient (Wildman–Crippen LogP) is 4.27. The van der Waals surface area contributed by atoms with Crippen LogP contribution in [-0.4, -0.2) is 17.9 Å². The fourth-order valence-corrected chi connectivity index (χ4v) is 2.18. The molecule has 2 rings (SSSR count). The molecule has 2 aromatic carbocycles. The smallest absolute Gasteiger partial charge is 0.253 e. The average Bonchev–Trinajstić information content (AvgIpc) is 2.44. The lowest BCUT2D eigenvalue weighted by Crippen LogP contribution is -2.26. The van der Waals surface area contributed by atoms with Crippen molar-refractivity contribution in [2.75, 3.05) is 7.05 Å². The molecule has 0 aliphatic heterocycles. The van der Waals surface area contributed by atoms with E-state index >= 15 is 0 Å². The number of halogens is 2. The molecule has 0 N–H and O–H groups in total. The first-order chi connectivity index (χ1) is 9.09. The van der Waals surface area contributed by atoms with Crippen LogP contribution in [0.5, 0.6) is 0 Å². The van der Waals surface area contributed by atoms with Crippen molar-refractivity contribution in [3.05, 3.63) is 69.7 Å². The summed E-state index contributed by atoms with van der Waals surface area (Å²) in [6.07, 6.45) is 0. The highest BCUT2D eigenvalue weighted by Gasteiger charge is 2.13. The van der Waals surface area contributed by atoms with E-state index in [2.05, 4.69) is 0 Å². The third-order valence-electron chi connectivity index (χ3n) is 2.81. The highest BCUT2D eigenvalue weighted by atomic mass is 35.5. The maximum Gasteiger partial charge on any atom is 0.253 e. The van der Waals surface area contributed by atoms with Gasteiger partial charge in [0, 0.05) is 19.2 Å². The molecule has 2 aromatic rings. The molecular formula is C15H13Cl2NO. The predicted molar refractivity (Wildman–Crippen MR) is 78.7 cm³/mol. The van der Waals surface area contributed by atoms with Gasteiger partial charge in [0.1, 0.15) is 0 Å². The molecule has 4 heteroatoms. The van der Waals surface area contributed by atoms with Crippen molar-refractivity contribution in [3.8, 4) is 0 Å². The monoisotopic (exact) mass is 293 g/mol. The Labute approximate surface area is 122 Å². The number of carbonyl (C=O) groups is 1. The fraction of sp³-hybridized carbons (Fsp3) is 0.133. The number of amides is 1. The summed E-state index contributed by atoms with van der Waals surface area (Å²) < 4.78 is 0. The van der Waals surface area contributed by atoms with Gasteiger partial charge in [-0.3, -0.25) is 4.79 Å². The van der Waals surface area contributed by atoms with Crippen molar-refractivity contribution >= 4 is 29.1 Å². The van der Waals surface area contributed by atoms with Gasteiger partial charge in [-0.2, -0.15) is 0 Å². The van der Waals surface area contributed by atoms with Crippen LogP contribution in [-0.2, 0) is 6.54 Å². The van der Waals surface area contributed by atoms with Crippen molar-refractivity contribution < 1.29 is 4.79 Å². The summed E-state index contributed by atoms with van der Waals surface area (Å²) >= 11 is 12.1. The molecular weight excluding hydrogens is 281 g/mol. The molecule has 0 aliphatic carbocycles. The SMILES string of the molecule is CN(Cc1cccc(Cl)c1Cl)C(=O)c1ccccc1. The summed E-state index contributed by atoms with van der Waals surface area (Å²) in [5, 5.41) is 0.997. The van der Waals surface area contributed by atoms with Crippen LogP contribution in [0, 0.1) is 0 Å².